The summed E-state index contributed by atoms with van der Waals surface area (Å²) >= 11 is 1.64. The normalized spacial score (nSPS) is 11.0. The number of aryl methyl sites for hydroxylation is 2. The average Bonchev–Trinajstić information content (AvgIpc) is 3.50. The molecule has 0 unspecified atom stereocenters. The van der Waals surface area contributed by atoms with Crippen LogP contribution in [-0.4, -0.2) is 35.1 Å². The first-order valence-corrected chi connectivity index (χ1v) is 15.2. The van der Waals surface area contributed by atoms with Crippen molar-refractivity contribution in [2.24, 2.45) is 0 Å². The van der Waals surface area contributed by atoms with E-state index >= 15 is 0 Å². The Bertz CT molecular complexity index is 1630. The van der Waals surface area contributed by atoms with Gasteiger partial charge in [0.25, 0.3) is 5.91 Å². The van der Waals surface area contributed by atoms with Gasteiger partial charge < -0.3 is 15.3 Å². The Morgan fingerprint density at radius 3 is 2.14 bits per heavy atom. The Morgan fingerprint density at radius 2 is 1.53 bits per heavy atom. The summed E-state index contributed by atoms with van der Waals surface area (Å²) in [6, 6.07) is 35.1. The molecule has 1 aromatic heterocycles. The topological polar surface area (TPSA) is 82.5 Å². The summed E-state index contributed by atoms with van der Waals surface area (Å²) in [5.74, 6) is -1.10. The van der Waals surface area contributed by atoms with E-state index in [0.29, 0.717) is 18.7 Å². The van der Waals surface area contributed by atoms with E-state index in [4.69, 9.17) is 10.1 Å². The summed E-state index contributed by atoms with van der Waals surface area (Å²) in [6.07, 6.45) is -0.110. The Kier molecular flexibility index (Phi) is 9.64. The molecule has 5 aromatic rings. The number of hydrogen-bond acceptors (Lipinski definition) is 5. The summed E-state index contributed by atoms with van der Waals surface area (Å²) in [5.41, 5.74) is 8.54. The van der Waals surface area contributed by atoms with Gasteiger partial charge >= 0.3 is 5.97 Å². The molecule has 218 valence electrons. The van der Waals surface area contributed by atoms with E-state index < -0.39 is 5.97 Å². The number of carbonyl (C=O) groups is 2. The average molecular weight is 590 g/mol. The zero-order chi connectivity index (χ0) is 30.2. The Morgan fingerprint density at radius 1 is 0.884 bits per heavy atom. The maximum Gasteiger partial charge on any atom is 0.305 e. The lowest BCUT2D eigenvalue weighted by molar-refractivity contribution is -0.136. The van der Waals surface area contributed by atoms with Gasteiger partial charge in [-0.05, 0) is 48.2 Å². The summed E-state index contributed by atoms with van der Waals surface area (Å²) < 4.78 is 0. The second-order valence-corrected chi connectivity index (χ2v) is 11.5. The number of aliphatic carboxylic acids is 1. The zero-order valence-electron chi connectivity index (χ0n) is 24.4. The number of rotatable bonds is 12. The minimum Gasteiger partial charge on any atom is -0.481 e. The quantitative estimate of drug-likeness (QED) is 0.158. The fraction of sp³-hybridized carbons (Fsp3) is 0.194. The molecular weight excluding hydrogens is 554 g/mol. The molecule has 5 rings (SSSR count). The van der Waals surface area contributed by atoms with Gasteiger partial charge in [0.05, 0.1) is 12.1 Å². The smallest absolute Gasteiger partial charge is 0.305 e. The van der Waals surface area contributed by atoms with Gasteiger partial charge in [0.15, 0.2) is 5.13 Å². The monoisotopic (exact) mass is 589 g/mol. The van der Waals surface area contributed by atoms with Crippen molar-refractivity contribution >= 4 is 28.3 Å². The van der Waals surface area contributed by atoms with Crippen LogP contribution >= 0.6 is 11.3 Å². The number of nitrogens with zero attached hydrogens (tertiary/aromatic N) is 2. The Balaban J connectivity index is 1.45. The van der Waals surface area contributed by atoms with Crippen molar-refractivity contribution in [1.82, 2.24) is 10.3 Å². The summed E-state index contributed by atoms with van der Waals surface area (Å²) in [4.78, 5) is 30.8. The second-order valence-electron chi connectivity index (χ2n) is 10.7. The van der Waals surface area contributed by atoms with Crippen molar-refractivity contribution in [1.29, 1.82) is 0 Å². The molecule has 0 aliphatic rings. The van der Waals surface area contributed by atoms with E-state index in [9.17, 15) is 9.59 Å². The van der Waals surface area contributed by atoms with E-state index in [0.717, 1.165) is 22.0 Å². The van der Waals surface area contributed by atoms with E-state index in [1.807, 2.05) is 24.3 Å². The molecule has 1 amide bonds. The maximum absolute atomic E-state index is 12.5. The fourth-order valence-corrected chi connectivity index (χ4v) is 6.04. The highest BCUT2D eigenvalue weighted by Crippen LogP contribution is 2.34. The molecule has 0 bridgehead atoms. The largest absolute Gasteiger partial charge is 0.481 e. The number of benzene rings is 4. The first kappa shape index (κ1) is 29.7. The number of aromatic nitrogens is 1. The molecular formula is C36H35N3O3S. The standard InChI is InChI=1S/C36H35N3O3S/c1-25-13-18-31(26(2)21-25)33-24-43-36(38-33)39(22-27-14-16-30(17-15-27)35(42)37-20-19-34(40)41)23-32(28-9-5-3-6-10-28)29-11-7-4-8-12-29/h3-18,21,24,32H,19-20,22-23H2,1-2H3,(H,37,42)(H,40,41). The molecule has 0 spiro atoms. The lowest BCUT2D eigenvalue weighted by Crippen LogP contribution is -2.29. The van der Waals surface area contributed by atoms with Crippen molar-refractivity contribution in [3.63, 3.8) is 0 Å². The highest BCUT2D eigenvalue weighted by molar-refractivity contribution is 7.14. The van der Waals surface area contributed by atoms with Gasteiger partial charge in [-0.1, -0.05) is 96.6 Å². The minimum absolute atomic E-state index is 0.0941. The van der Waals surface area contributed by atoms with Crippen LogP contribution in [0.25, 0.3) is 11.3 Å². The lowest BCUT2D eigenvalue weighted by Gasteiger charge is -2.28. The highest BCUT2D eigenvalue weighted by atomic mass is 32.1. The number of carboxylic acids is 1. The minimum atomic E-state index is -0.942. The highest BCUT2D eigenvalue weighted by Gasteiger charge is 2.22. The SMILES string of the molecule is Cc1ccc(-c2csc(N(Cc3ccc(C(=O)NCCC(=O)O)cc3)CC(c3ccccc3)c3ccccc3)n2)c(C)c1. The van der Waals surface area contributed by atoms with Crippen LogP contribution in [0.4, 0.5) is 5.13 Å². The number of nitrogens with one attached hydrogen (secondary N) is 1. The van der Waals surface area contributed by atoms with Crippen molar-refractivity contribution < 1.29 is 14.7 Å². The summed E-state index contributed by atoms with van der Waals surface area (Å²) in [5, 5.41) is 14.6. The molecule has 4 aromatic carbocycles. The lowest BCUT2D eigenvalue weighted by atomic mass is 9.90. The third-order valence-electron chi connectivity index (χ3n) is 7.44. The van der Waals surface area contributed by atoms with Gasteiger partial charge in [-0.15, -0.1) is 11.3 Å². The van der Waals surface area contributed by atoms with Crippen LogP contribution in [0.5, 0.6) is 0 Å². The number of thiazole rings is 1. The van der Waals surface area contributed by atoms with E-state index in [1.165, 1.54) is 22.3 Å². The fourth-order valence-electron chi connectivity index (χ4n) is 5.21. The first-order valence-electron chi connectivity index (χ1n) is 14.3. The first-order chi connectivity index (χ1) is 20.9. The summed E-state index contributed by atoms with van der Waals surface area (Å²) in [6.45, 7) is 5.64. The number of carbonyl (C=O) groups excluding carboxylic acids is 1. The van der Waals surface area contributed by atoms with Gasteiger partial charge in [0, 0.05) is 42.1 Å². The van der Waals surface area contributed by atoms with Crippen molar-refractivity contribution in [3.05, 3.63) is 142 Å². The third-order valence-corrected chi connectivity index (χ3v) is 8.34. The van der Waals surface area contributed by atoms with E-state index in [1.54, 1.807) is 23.5 Å². The van der Waals surface area contributed by atoms with Crippen LogP contribution in [0.15, 0.2) is 109 Å². The molecule has 6 nitrogen and oxygen atoms in total. The van der Waals surface area contributed by atoms with Crippen LogP contribution in [0.3, 0.4) is 0 Å². The molecule has 2 N–H and O–H groups in total. The predicted molar refractivity (Wildman–Crippen MR) is 174 cm³/mol. The maximum atomic E-state index is 12.5. The van der Waals surface area contributed by atoms with Crippen LogP contribution in [-0.2, 0) is 11.3 Å². The molecule has 7 heteroatoms. The molecule has 0 saturated carbocycles. The van der Waals surface area contributed by atoms with Crippen LogP contribution < -0.4 is 10.2 Å². The van der Waals surface area contributed by atoms with Crippen molar-refractivity contribution in [3.8, 4) is 11.3 Å². The van der Waals surface area contributed by atoms with Crippen LogP contribution in [0.2, 0.25) is 0 Å². The predicted octanol–water partition coefficient (Wildman–Crippen LogP) is 7.47. The van der Waals surface area contributed by atoms with Gasteiger partial charge in [-0.2, -0.15) is 0 Å². The van der Waals surface area contributed by atoms with E-state index in [2.05, 4.69) is 96.2 Å². The van der Waals surface area contributed by atoms with Gasteiger partial charge in [-0.25, -0.2) is 4.98 Å². The molecule has 0 aliphatic heterocycles. The van der Waals surface area contributed by atoms with Crippen molar-refractivity contribution in [2.45, 2.75) is 32.7 Å². The Hall–Kier alpha value is -4.75. The van der Waals surface area contributed by atoms with Crippen LogP contribution in [0.1, 0.15) is 50.5 Å². The zero-order valence-corrected chi connectivity index (χ0v) is 25.2. The second kappa shape index (κ2) is 13.9. The number of hydrogen-bond donors (Lipinski definition) is 2. The van der Waals surface area contributed by atoms with Crippen molar-refractivity contribution in [2.75, 3.05) is 18.0 Å². The number of carboxylic acid groups (broad SMARTS) is 1. The molecule has 0 saturated heterocycles. The molecule has 1 heterocycles. The molecule has 0 atom stereocenters. The Labute approximate surface area is 256 Å². The molecule has 0 radical (unpaired) electrons. The molecule has 43 heavy (non-hydrogen) atoms. The van der Waals surface area contributed by atoms with E-state index in [-0.39, 0.29) is 24.8 Å². The summed E-state index contributed by atoms with van der Waals surface area (Å²) in [7, 11) is 0. The molecule has 0 fully saturated rings. The molecule has 0 aliphatic carbocycles. The van der Waals surface area contributed by atoms with Gasteiger partial charge in [0.2, 0.25) is 0 Å². The number of amides is 1. The van der Waals surface area contributed by atoms with Crippen LogP contribution in [0, 0.1) is 13.8 Å². The third kappa shape index (κ3) is 7.76. The number of anilines is 1. The van der Waals surface area contributed by atoms with Gasteiger partial charge in [-0.3, -0.25) is 9.59 Å². The van der Waals surface area contributed by atoms with Gasteiger partial charge in [0.1, 0.15) is 0 Å².